The molecule has 184 valence electrons. The van der Waals surface area contributed by atoms with Crippen LogP contribution in [0.2, 0.25) is 0 Å². The molecule has 2 heterocycles. The fraction of sp³-hybridized carbons (Fsp3) is 0.750. The highest BCUT2D eigenvalue weighted by molar-refractivity contribution is 7.11. The van der Waals surface area contributed by atoms with Gasteiger partial charge in [0.05, 0.1) is 18.7 Å². The summed E-state index contributed by atoms with van der Waals surface area (Å²) in [5.41, 5.74) is 0.664. The molecule has 3 rings (SSSR count). The van der Waals surface area contributed by atoms with Crippen LogP contribution in [0.25, 0.3) is 0 Å². The summed E-state index contributed by atoms with van der Waals surface area (Å²) in [5, 5.41) is 8.71. The van der Waals surface area contributed by atoms with E-state index in [-0.39, 0.29) is 46.7 Å². The highest BCUT2D eigenvalue weighted by Gasteiger charge is 2.45. The second kappa shape index (κ2) is 9.70. The van der Waals surface area contributed by atoms with E-state index in [1.54, 1.807) is 4.90 Å². The largest absolute Gasteiger partial charge is 0.469 e. The zero-order valence-corrected chi connectivity index (χ0v) is 21.7. The summed E-state index contributed by atoms with van der Waals surface area (Å²) in [6.07, 6.45) is 2.76. The number of carbonyl (C=O) groups excluding carboxylic acids is 3. The highest BCUT2D eigenvalue weighted by Crippen LogP contribution is 2.33. The minimum Gasteiger partial charge on any atom is -0.469 e. The van der Waals surface area contributed by atoms with Crippen molar-refractivity contribution in [3.63, 3.8) is 0 Å². The van der Waals surface area contributed by atoms with Gasteiger partial charge in [-0.15, -0.1) is 11.3 Å². The molecule has 1 saturated carbocycles. The third-order valence-corrected chi connectivity index (χ3v) is 7.21. The SMILES string of the molecule is COC(=O)[C@@H]1C[C@H](NC(C)(C)C)CC[C@@H]1N1CCC(NC(=O)c2nc(C(C)(C)C)cs2)C1=O. The van der Waals surface area contributed by atoms with Crippen LogP contribution in [-0.4, -0.2) is 65.0 Å². The van der Waals surface area contributed by atoms with Gasteiger partial charge in [0, 0.05) is 35.0 Å². The number of rotatable bonds is 5. The number of likely N-dealkylation sites (tertiary alicyclic amines) is 1. The van der Waals surface area contributed by atoms with Crippen molar-refractivity contribution >= 4 is 29.1 Å². The minimum absolute atomic E-state index is 0.0559. The lowest BCUT2D eigenvalue weighted by Crippen LogP contribution is -2.55. The van der Waals surface area contributed by atoms with Crippen LogP contribution in [0, 0.1) is 5.92 Å². The molecule has 0 radical (unpaired) electrons. The van der Waals surface area contributed by atoms with Gasteiger partial charge in [-0.2, -0.15) is 0 Å². The molecule has 8 nitrogen and oxygen atoms in total. The maximum Gasteiger partial charge on any atom is 0.310 e. The number of esters is 1. The summed E-state index contributed by atoms with van der Waals surface area (Å²) in [4.78, 5) is 44.8. The molecule has 2 aliphatic rings. The van der Waals surface area contributed by atoms with Crippen LogP contribution in [0.5, 0.6) is 0 Å². The summed E-state index contributed by atoms with van der Waals surface area (Å²) in [5.74, 6) is -1.11. The first-order valence-electron chi connectivity index (χ1n) is 11.7. The summed E-state index contributed by atoms with van der Waals surface area (Å²) < 4.78 is 5.09. The number of hydrogen-bond acceptors (Lipinski definition) is 7. The molecule has 1 aromatic heterocycles. The van der Waals surface area contributed by atoms with Crippen LogP contribution < -0.4 is 10.6 Å². The van der Waals surface area contributed by atoms with Gasteiger partial charge in [0.1, 0.15) is 6.04 Å². The van der Waals surface area contributed by atoms with Gasteiger partial charge in [0.15, 0.2) is 5.01 Å². The van der Waals surface area contributed by atoms with Gasteiger partial charge >= 0.3 is 5.97 Å². The van der Waals surface area contributed by atoms with Gasteiger partial charge in [-0.25, -0.2) is 4.98 Å². The van der Waals surface area contributed by atoms with E-state index in [0.717, 1.165) is 18.5 Å². The second-order valence-electron chi connectivity index (χ2n) is 11.2. The van der Waals surface area contributed by atoms with Crippen LogP contribution in [-0.2, 0) is 19.7 Å². The van der Waals surface area contributed by atoms with Crippen LogP contribution >= 0.6 is 11.3 Å². The molecule has 1 aliphatic carbocycles. The standard InChI is InChI=1S/C24H38N4O4S/c1-23(2,3)18-13-33-20(26-18)19(29)25-16-10-11-28(21(16)30)17-9-8-14(27-24(4,5)6)12-15(17)22(31)32-7/h13-17,27H,8-12H2,1-7H3,(H,25,29)/t14-,15-,16?,17+/m1/s1. The van der Waals surface area contributed by atoms with Crippen molar-refractivity contribution in [3.8, 4) is 0 Å². The lowest BCUT2D eigenvalue weighted by molar-refractivity contribution is -0.151. The van der Waals surface area contributed by atoms with Gasteiger partial charge in [-0.05, 0) is 46.5 Å². The number of hydrogen-bond donors (Lipinski definition) is 2. The van der Waals surface area contributed by atoms with Crippen LogP contribution in [0.15, 0.2) is 5.38 Å². The van der Waals surface area contributed by atoms with Crippen LogP contribution in [0.4, 0.5) is 0 Å². The fourth-order valence-corrected chi connectivity index (χ4v) is 5.73. The molecule has 1 aliphatic heterocycles. The number of nitrogens with zero attached hydrogens (tertiary/aromatic N) is 2. The lowest BCUT2D eigenvalue weighted by atomic mass is 9.80. The Hall–Kier alpha value is -2.00. The fourth-order valence-electron chi connectivity index (χ4n) is 4.78. The number of thiazole rings is 1. The zero-order chi connectivity index (χ0) is 24.6. The Balaban J connectivity index is 1.67. The number of amides is 2. The maximum atomic E-state index is 13.2. The Morgan fingerprint density at radius 1 is 1.15 bits per heavy atom. The molecule has 1 saturated heterocycles. The minimum atomic E-state index is -0.594. The van der Waals surface area contributed by atoms with Gasteiger partial charge in [0.25, 0.3) is 5.91 Å². The van der Waals surface area contributed by atoms with Crippen molar-refractivity contribution in [2.75, 3.05) is 13.7 Å². The van der Waals surface area contributed by atoms with E-state index in [1.165, 1.54) is 18.4 Å². The first kappa shape index (κ1) is 25.6. The average Bonchev–Trinajstić information content (AvgIpc) is 3.34. The molecule has 2 amide bonds. The number of methoxy groups -OCH3 is 1. The summed E-state index contributed by atoms with van der Waals surface area (Å²) in [6.45, 7) is 13.0. The predicted octanol–water partition coefficient (Wildman–Crippen LogP) is 2.87. The molecular weight excluding hydrogens is 440 g/mol. The van der Waals surface area contributed by atoms with E-state index in [0.29, 0.717) is 24.4 Å². The van der Waals surface area contributed by atoms with Crippen molar-refractivity contribution < 1.29 is 19.1 Å². The lowest BCUT2D eigenvalue weighted by Gasteiger charge is -2.41. The molecule has 1 aromatic rings. The third kappa shape index (κ3) is 6.12. The summed E-state index contributed by atoms with van der Waals surface area (Å²) >= 11 is 1.29. The molecule has 2 fully saturated rings. The normalized spacial score (nSPS) is 26.4. The average molecular weight is 479 g/mol. The van der Waals surface area contributed by atoms with E-state index >= 15 is 0 Å². The third-order valence-electron chi connectivity index (χ3n) is 6.37. The highest BCUT2D eigenvalue weighted by atomic mass is 32.1. The number of aromatic nitrogens is 1. The first-order chi connectivity index (χ1) is 15.3. The van der Waals surface area contributed by atoms with E-state index in [4.69, 9.17) is 4.74 Å². The zero-order valence-electron chi connectivity index (χ0n) is 20.9. The van der Waals surface area contributed by atoms with E-state index < -0.39 is 6.04 Å². The smallest absolute Gasteiger partial charge is 0.310 e. The van der Waals surface area contributed by atoms with Crippen LogP contribution in [0.3, 0.4) is 0 Å². The molecule has 0 aromatic carbocycles. The van der Waals surface area contributed by atoms with Crippen molar-refractivity contribution in [1.29, 1.82) is 0 Å². The first-order valence-corrected chi connectivity index (χ1v) is 12.6. The van der Waals surface area contributed by atoms with Gasteiger partial charge in [-0.1, -0.05) is 20.8 Å². The molecule has 4 atom stereocenters. The molecule has 1 unspecified atom stereocenters. The van der Waals surface area contributed by atoms with Crippen molar-refractivity contribution in [3.05, 3.63) is 16.1 Å². The maximum absolute atomic E-state index is 13.2. The second-order valence-corrected chi connectivity index (χ2v) is 12.1. The predicted molar refractivity (Wildman–Crippen MR) is 128 cm³/mol. The summed E-state index contributed by atoms with van der Waals surface area (Å²) in [6, 6.07) is -0.610. The Kier molecular flexibility index (Phi) is 7.53. The van der Waals surface area contributed by atoms with E-state index in [9.17, 15) is 14.4 Å². The Labute approximate surface area is 200 Å². The molecule has 0 spiro atoms. The molecule has 0 bridgehead atoms. The van der Waals surface area contributed by atoms with E-state index in [2.05, 4.69) is 36.4 Å². The molecule has 2 N–H and O–H groups in total. The summed E-state index contributed by atoms with van der Waals surface area (Å²) in [7, 11) is 1.40. The Bertz CT molecular complexity index is 886. The van der Waals surface area contributed by atoms with Gasteiger partial charge in [0.2, 0.25) is 5.91 Å². The molecular formula is C24H38N4O4S. The van der Waals surface area contributed by atoms with Crippen LogP contribution in [0.1, 0.15) is 82.7 Å². The van der Waals surface area contributed by atoms with Gasteiger partial charge < -0.3 is 20.3 Å². The molecule has 33 heavy (non-hydrogen) atoms. The quantitative estimate of drug-likeness (QED) is 0.631. The number of carbonyl (C=O) groups is 3. The number of nitrogens with one attached hydrogen (secondary N) is 2. The van der Waals surface area contributed by atoms with Crippen molar-refractivity contribution in [2.24, 2.45) is 5.92 Å². The van der Waals surface area contributed by atoms with Gasteiger partial charge in [-0.3, -0.25) is 14.4 Å². The topological polar surface area (TPSA) is 101 Å². The monoisotopic (exact) mass is 478 g/mol. The van der Waals surface area contributed by atoms with Crippen molar-refractivity contribution in [1.82, 2.24) is 20.5 Å². The Morgan fingerprint density at radius 3 is 2.42 bits per heavy atom. The molecule has 9 heteroatoms. The van der Waals surface area contributed by atoms with Crippen molar-refractivity contribution in [2.45, 2.75) is 96.3 Å². The van der Waals surface area contributed by atoms with E-state index in [1.807, 2.05) is 26.2 Å². The Morgan fingerprint density at radius 2 is 1.85 bits per heavy atom. The number of ether oxygens (including phenoxy) is 1.